The van der Waals surface area contributed by atoms with Gasteiger partial charge in [0.2, 0.25) is 0 Å². The Labute approximate surface area is 153 Å². The normalized spacial score (nSPS) is 10.9. The molecular formula is C19H15N3OS2. The van der Waals surface area contributed by atoms with E-state index in [2.05, 4.69) is 15.3 Å². The van der Waals surface area contributed by atoms with Gasteiger partial charge in [0.25, 0.3) is 5.91 Å². The lowest BCUT2D eigenvalue weighted by Gasteiger charge is -2.04. The number of aromatic nitrogens is 2. The number of fused-ring (bicyclic) bond motifs is 1. The summed E-state index contributed by atoms with van der Waals surface area (Å²) in [7, 11) is 0. The van der Waals surface area contributed by atoms with Crippen LogP contribution in [0.15, 0.2) is 54.0 Å². The monoisotopic (exact) mass is 365 g/mol. The molecule has 0 spiro atoms. The summed E-state index contributed by atoms with van der Waals surface area (Å²) in [5, 5.41) is 3.97. The molecule has 25 heavy (non-hydrogen) atoms. The van der Waals surface area contributed by atoms with E-state index >= 15 is 0 Å². The van der Waals surface area contributed by atoms with Crippen LogP contribution >= 0.6 is 22.7 Å². The smallest absolute Gasteiger partial charge is 0.251 e. The van der Waals surface area contributed by atoms with E-state index in [1.165, 1.54) is 11.3 Å². The molecule has 0 radical (unpaired) electrons. The summed E-state index contributed by atoms with van der Waals surface area (Å²) in [6.45, 7) is 2.46. The quantitative estimate of drug-likeness (QED) is 0.572. The highest BCUT2D eigenvalue weighted by molar-refractivity contribution is 7.16. The van der Waals surface area contributed by atoms with Crippen molar-refractivity contribution in [3.8, 4) is 10.6 Å². The van der Waals surface area contributed by atoms with Crippen molar-refractivity contribution in [1.82, 2.24) is 15.3 Å². The maximum absolute atomic E-state index is 12.4. The molecule has 0 unspecified atom stereocenters. The third kappa shape index (κ3) is 3.31. The molecule has 0 bridgehead atoms. The minimum absolute atomic E-state index is 0.0793. The Morgan fingerprint density at radius 1 is 1.16 bits per heavy atom. The first-order chi connectivity index (χ1) is 12.2. The molecule has 4 nitrogen and oxygen atoms in total. The van der Waals surface area contributed by atoms with Gasteiger partial charge in [0, 0.05) is 16.0 Å². The topological polar surface area (TPSA) is 54.9 Å². The Kier molecular flexibility index (Phi) is 4.29. The number of carbonyl (C=O) groups excluding carboxylic acids is 1. The first-order valence-electron chi connectivity index (χ1n) is 7.84. The van der Waals surface area contributed by atoms with Crippen molar-refractivity contribution >= 4 is 38.8 Å². The fourth-order valence-electron chi connectivity index (χ4n) is 2.56. The van der Waals surface area contributed by atoms with Crippen LogP contribution in [0.5, 0.6) is 0 Å². The van der Waals surface area contributed by atoms with E-state index < -0.39 is 0 Å². The highest BCUT2D eigenvalue weighted by Crippen LogP contribution is 2.27. The van der Waals surface area contributed by atoms with Gasteiger partial charge in [-0.1, -0.05) is 30.3 Å². The van der Waals surface area contributed by atoms with Gasteiger partial charge in [-0.15, -0.1) is 22.7 Å². The van der Waals surface area contributed by atoms with E-state index in [4.69, 9.17) is 0 Å². The van der Waals surface area contributed by atoms with Gasteiger partial charge in [0.05, 0.1) is 28.0 Å². The van der Waals surface area contributed by atoms with Crippen LogP contribution in [0.4, 0.5) is 0 Å². The molecule has 0 aliphatic heterocycles. The first kappa shape index (κ1) is 15.9. The largest absolute Gasteiger partial charge is 0.347 e. The number of nitrogens with zero attached hydrogens (tertiary/aromatic N) is 2. The van der Waals surface area contributed by atoms with Gasteiger partial charge in [-0.25, -0.2) is 9.97 Å². The maximum Gasteiger partial charge on any atom is 0.251 e. The van der Waals surface area contributed by atoms with E-state index in [0.29, 0.717) is 12.1 Å². The molecule has 0 atom stereocenters. The van der Waals surface area contributed by atoms with E-state index in [1.54, 1.807) is 16.8 Å². The van der Waals surface area contributed by atoms with Gasteiger partial charge in [-0.2, -0.15) is 0 Å². The number of carbonyl (C=O) groups is 1. The molecule has 0 aliphatic carbocycles. The number of thiazole rings is 2. The molecular weight excluding hydrogens is 350 g/mol. The van der Waals surface area contributed by atoms with E-state index in [1.807, 2.05) is 55.5 Å². The molecule has 2 aromatic carbocycles. The summed E-state index contributed by atoms with van der Waals surface area (Å²) in [4.78, 5) is 22.4. The molecule has 1 N–H and O–H groups in total. The molecule has 4 rings (SSSR count). The average molecular weight is 365 g/mol. The molecule has 124 valence electrons. The summed E-state index contributed by atoms with van der Waals surface area (Å²) >= 11 is 3.16. The number of amides is 1. The fourth-order valence-corrected chi connectivity index (χ4v) is 4.28. The third-order valence-corrected chi connectivity index (χ3v) is 5.91. The second-order valence-corrected chi connectivity index (χ2v) is 7.58. The van der Waals surface area contributed by atoms with Gasteiger partial charge in [0.1, 0.15) is 5.01 Å². The third-order valence-electron chi connectivity index (χ3n) is 3.92. The summed E-state index contributed by atoms with van der Waals surface area (Å²) in [5.74, 6) is -0.0793. The van der Waals surface area contributed by atoms with Crippen molar-refractivity contribution in [2.24, 2.45) is 0 Å². The zero-order valence-electron chi connectivity index (χ0n) is 13.5. The number of hydrogen-bond acceptors (Lipinski definition) is 5. The number of hydrogen-bond donors (Lipinski definition) is 1. The molecule has 4 aromatic rings. The molecule has 1 amide bonds. The van der Waals surface area contributed by atoms with Crippen LogP contribution in [0.2, 0.25) is 0 Å². The summed E-state index contributed by atoms with van der Waals surface area (Å²) in [6, 6.07) is 15.7. The second kappa shape index (κ2) is 6.74. The predicted octanol–water partition coefficient (Wildman–Crippen LogP) is 4.66. The Bertz CT molecular complexity index is 1040. The van der Waals surface area contributed by atoms with Gasteiger partial charge in [-0.3, -0.25) is 4.79 Å². The lowest BCUT2D eigenvalue weighted by atomic mass is 10.2. The minimum Gasteiger partial charge on any atom is -0.347 e. The van der Waals surface area contributed by atoms with Crippen molar-refractivity contribution in [3.05, 3.63) is 70.2 Å². The molecule has 0 saturated carbocycles. The Hall–Kier alpha value is -2.57. The zero-order chi connectivity index (χ0) is 17.2. The summed E-state index contributed by atoms with van der Waals surface area (Å²) in [6.07, 6.45) is 0. The summed E-state index contributed by atoms with van der Waals surface area (Å²) in [5.41, 5.74) is 5.43. The SMILES string of the molecule is Cc1nc(-c2ccccc2)sc1CNC(=O)c1ccc2ncsc2c1. The van der Waals surface area contributed by atoms with Crippen LogP contribution in [-0.4, -0.2) is 15.9 Å². The van der Waals surface area contributed by atoms with Crippen molar-refractivity contribution in [2.45, 2.75) is 13.5 Å². The highest BCUT2D eigenvalue weighted by atomic mass is 32.1. The number of aryl methyl sites for hydroxylation is 1. The van der Waals surface area contributed by atoms with E-state index in [-0.39, 0.29) is 5.91 Å². The Balaban J connectivity index is 1.49. The number of rotatable bonds is 4. The first-order valence-corrected chi connectivity index (χ1v) is 9.53. The van der Waals surface area contributed by atoms with E-state index in [0.717, 1.165) is 31.4 Å². The zero-order valence-corrected chi connectivity index (χ0v) is 15.2. The number of nitrogens with one attached hydrogen (secondary N) is 1. The Morgan fingerprint density at radius 3 is 2.84 bits per heavy atom. The van der Waals surface area contributed by atoms with Crippen LogP contribution in [0.3, 0.4) is 0 Å². The predicted molar refractivity (Wildman–Crippen MR) is 103 cm³/mol. The van der Waals surface area contributed by atoms with Gasteiger partial charge >= 0.3 is 0 Å². The number of benzene rings is 2. The maximum atomic E-state index is 12.4. The molecule has 0 saturated heterocycles. The lowest BCUT2D eigenvalue weighted by molar-refractivity contribution is 0.0951. The average Bonchev–Trinajstić information content (AvgIpc) is 3.26. The molecule has 2 heterocycles. The second-order valence-electron chi connectivity index (χ2n) is 5.61. The molecule has 0 fully saturated rings. The van der Waals surface area contributed by atoms with Crippen LogP contribution < -0.4 is 5.32 Å². The van der Waals surface area contributed by atoms with Gasteiger partial charge in [0.15, 0.2) is 0 Å². The standard InChI is InChI=1S/C19H15N3OS2/c1-12-17(25-19(22-12)13-5-3-2-4-6-13)10-20-18(23)14-7-8-15-16(9-14)24-11-21-15/h2-9,11H,10H2,1H3,(H,20,23). The molecule has 0 aliphatic rings. The van der Waals surface area contributed by atoms with Crippen molar-refractivity contribution < 1.29 is 4.79 Å². The van der Waals surface area contributed by atoms with Crippen LogP contribution in [0.25, 0.3) is 20.8 Å². The van der Waals surface area contributed by atoms with Crippen LogP contribution in [-0.2, 0) is 6.54 Å². The van der Waals surface area contributed by atoms with Crippen molar-refractivity contribution in [2.75, 3.05) is 0 Å². The highest BCUT2D eigenvalue weighted by Gasteiger charge is 2.12. The minimum atomic E-state index is -0.0793. The summed E-state index contributed by atoms with van der Waals surface area (Å²) < 4.78 is 1.02. The van der Waals surface area contributed by atoms with Crippen LogP contribution in [0, 0.1) is 6.92 Å². The van der Waals surface area contributed by atoms with E-state index in [9.17, 15) is 4.79 Å². The fraction of sp³-hybridized carbons (Fsp3) is 0.105. The molecule has 6 heteroatoms. The van der Waals surface area contributed by atoms with Crippen molar-refractivity contribution in [1.29, 1.82) is 0 Å². The van der Waals surface area contributed by atoms with Crippen LogP contribution in [0.1, 0.15) is 20.9 Å². The van der Waals surface area contributed by atoms with Crippen molar-refractivity contribution in [3.63, 3.8) is 0 Å². The Morgan fingerprint density at radius 2 is 2.00 bits per heavy atom. The lowest BCUT2D eigenvalue weighted by Crippen LogP contribution is -2.22. The van der Waals surface area contributed by atoms with Gasteiger partial charge < -0.3 is 5.32 Å². The van der Waals surface area contributed by atoms with Gasteiger partial charge in [-0.05, 0) is 25.1 Å². The molecule has 2 aromatic heterocycles.